The number of hydrogen-bond donors (Lipinski definition) is 2. The minimum absolute atomic E-state index is 0.298. The molecule has 2 aromatic rings. The number of nitrogens with zero attached hydrogens (tertiary/aromatic N) is 1. The van der Waals surface area contributed by atoms with Gasteiger partial charge in [0, 0.05) is 6.07 Å². The highest BCUT2D eigenvalue weighted by molar-refractivity contribution is 7.89. The van der Waals surface area contributed by atoms with Crippen LogP contribution in [0.1, 0.15) is 0 Å². The fourth-order valence-corrected chi connectivity index (χ4v) is 2.97. The summed E-state index contributed by atoms with van der Waals surface area (Å²) < 4.78 is 34.6. The van der Waals surface area contributed by atoms with Crippen LogP contribution in [-0.4, -0.2) is 33.0 Å². The molecule has 1 amide bonds. The molecule has 26 heavy (non-hydrogen) atoms. The summed E-state index contributed by atoms with van der Waals surface area (Å²) in [6.07, 6.45) is 0. The van der Waals surface area contributed by atoms with Crippen molar-refractivity contribution in [2.24, 2.45) is 0 Å². The Balaban J connectivity index is 1.99. The number of nitrogens with one attached hydrogen (secondary N) is 2. The van der Waals surface area contributed by atoms with Crippen molar-refractivity contribution in [2.45, 2.75) is 4.90 Å². The Morgan fingerprint density at radius 1 is 1.12 bits per heavy atom. The van der Waals surface area contributed by atoms with Crippen LogP contribution < -0.4 is 19.7 Å². The molecule has 0 aromatic heterocycles. The Hall–Kier alpha value is -3.18. The minimum atomic E-state index is -4.33. The van der Waals surface area contributed by atoms with E-state index in [2.05, 4.69) is 0 Å². The molecule has 0 aliphatic carbocycles. The highest BCUT2D eigenvalue weighted by Crippen LogP contribution is 2.25. The monoisotopic (exact) mass is 381 g/mol. The summed E-state index contributed by atoms with van der Waals surface area (Å²) in [5, 5.41) is 10.9. The van der Waals surface area contributed by atoms with Crippen LogP contribution in [0.3, 0.4) is 0 Å². The largest absolute Gasteiger partial charge is 0.493 e. The van der Waals surface area contributed by atoms with E-state index in [-0.39, 0.29) is 0 Å². The number of para-hydroxylation sites is 3. The molecule has 0 atom stereocenters. The third kappa shape index (κ3) is 4.68. The molecule has 0 aliphatic heterocycles. The third-order valence-corrected chi connectivity index (χ3v) is 4.40. The van der Waals surface area contributed by atoms with E-state index in [9.17, 15) is 23.3 Å². The highest BCUT2D eigenvalue weighted by atomic mass is 32.2. The Labute approximate surface area is 148 Å². The van der Waals surface area contributed by atoms with Crippen molar-refractivity contribution in [3.8, 4) is 11.5 Å². The van der Waals surface area contributed by atoms with Gasteiger partial charge < -0.3 is 9.47 Å². The van der Waals surface area contributed by atoms with E-state index in [1.165, 1.54) is 19.2 Å². The van der Waals surface area contributed by atoms with Gasteiger partial charge in [-0.1, -0.05) is 24.3 Å². The standard InChI is InChI=1S/C15H15N3O7S/c1-24-12-7-3-4-8-13(12)25-10-15(19)16-17-26(22,23)14-9-5-2-6-11(14)18(20)21/h2-9,17H,10H2,1H3,(H,16,19). The molecule has 0 fully saturated rings. The lowest BCUT2D eigenvalue weighted by Gasteiger charge is -2.11. The molecule has 0 spiro atoms. The van der Waals surface area contributed by atoms with Crippen LogP contribution in [0.15, 0.2) is 53.4 Å². The smallest absolute Gasteiger partial charge is 0.289 e. The van der Waals surface area contributed by atoms with Gasteiger partial charge in [-0.05, 0) is 18.2 Å². The van der Waals surface area contributed by atoms with Crippen molar-refractivity contribution < 1.29 is 27.6 Å². The van der Waals surface area contributed by atoms with Crippen molar-refractivity contribution in [1.82, 2.24) is 10.3 Å². The first-order chi connectivity index (χ1) is 12.3. The average Bonchev–Trinajstić information content (AvgIpc) is 2.65. The van der Waals surface area contributed by atoms with E-state index >= 15 is 0 Å². The molecule has 0 saturated heterocycles. The first-order valence-corrected chi connectivity index (χ1v) is 8.63. The second kappa shape index (κ2) is 8.27. The summed E-state index contributed by atoms with van der Waals surface area (Å²) in [5.41, 5.74) is 1.32. The topological polar surface area (TPSA) is 137 Å². The molecule has 138 valence electrons. The van der Waals surface area contributed by atoms with Gasteiger partial charge in [-0.2, -0.15) is 0 Å². The number of sulfonamides is 1. The van der Waals surface area contributed by atoms with Crippen molar-refractivity contribution >= 4 is 21.6 Å². The molecule has 11 heteroatoms. The quantitative estimate of drug-likeness (QED) is 0.514. The molecule has 0 saturated carbocycles. The lowest BCUT2D eigenvalue weighted by Crippen LogP contribution is -2.43. The number of methoxy groups -OCH3 is 1. The van der Waals surface area contributed by atoms with Gasteiger partial charge in [0.15, 0.2) is 23.0 Å². The van der Waals surface area contributed by atoms with Crippen LogP contribution in [0, 0.1) is 10.1 Å². The molecule has 2 rings (SSSR count). The maximum atomic E-state index is 12.1. The van der Waals surface area contributed by atoms with Crippen LogP contribution in [0.4, 0.5) is 5.69 Å². The number of carbonyl (C=O) groups is 1. The maximum Gasteiger partial charge on any atom is 0.289 e. The normalized spacial score (nSPS) is 10.8. The number of hydrazine groups is 1. The first kappa shape index (κ1) is 19.1. The lowest BCUT2D eigenvalue weighted by molar-refractivity contribution is -0.387. The zero-order valence-electron chi connectivity index (χ0n) is 13.5. The van der Waals surface area contributed by atoms with Gasteiger partial charge in [0.2, 0.25) is 0 Å². The van der Waals surface area contributed by atoms with Gasteiger partial charge in [0.1, 0.15) is 0 Å². The molecular formula is C15H15N3O7S. The number of benzene rings is 2. The zero-order valence-corrected chi connectivity index (χ0v) is 14.4. The Morgan fingerprint density at radius 3 is 2.38 bits per heavy atom. The van der Waals surface area contributed by atoms with Gasteiger partial charge >= 0.3 is 0 Å². The van der Waals surface area contributed by atoms with Crippen molar-refractivity contribution in [3.63, 3.8) is 0 Å². The van der Waals surface area contributed by atoms with E-state index < -0.39 is 38.0 Å². The molecule has 10 nitrogen and oxygen atoms in total. The second-order valence-corrected chi connectivity index (χ2v) is 6.47. The van der Waals surface area contributed by atoms with Crippen LogP contribution in [0.2, 0.25) is 0 Å². The van der Waals surface area contributed by atoms with E-state index in [4.69, 9.17) is 9.47 Å². The lowest BCUT2D eigenvalue weighted by atomic mass is 10.3. The van der Waals surface area contributed by atoms with Crippen molar-refractivity contribution in [3.05, 3.63) is 58.6 Å². The summed E-state index contributed by atoms with van der Waals surface area (Å²) in [7, 11) is -2.90. The van der Waals surface area contributed by atoms with Crippen LogP contribution >= 0.6 is 0 Å². The molecule has 0 bridgehead atoms. The molecule has 0 aliphatic rings. The Bertz CT molecular complexity index is 915. The van der Waals surface area contributed by atoms with Gasteiger partial charge in [0.25, 0.3) is 21.6 Å². The summed E-state index contributed by atoms with van der Waals surface area (Å²) in [6, 6.07) is 11.3. The van der Waals surface area contributed by atoms with E-state index in [0.29, 0.717) is 11.5 Å². The minimum Gasteiger partial charge on any atom is -0.493 e. The van der Waals surface area contributed by atoms with E-state index in [1.807, 2.05) is 5.43 Å². The summed E-state index contributed by atoms with van der Waals surface area (Å²) in [4.78, 5) is 23.1. The number of carbonyl (C=O) groups excluding carboxylic acids is 1. The second-order valence-electron chi connectivity index (χ2n) is 4.82. The number of ether oxygens (including phenoxy) is 2. The maximum absolute atomic E-state index is 12.1. The molecular weight excluding hydrogens is 366 g/mol. The van der Waals surface area contributed by atoms with Gasteiger partial charge in [-0.25, -0.2) is 8.42 Å². The predicted molar refractivity (Wildman–Crippen MR) is 90.0 cm³/mol. The number of nitro groups is 1. The molecule has 0 heterocycles. The number of amides is 1. The summed E-state index contributed by atoms with van der Waals surface area (Å²) >= 11 is 0. The zero-order chi connectivity index (χ0) is 19.2. The Kier molecular flexibility index (Phi) is 6.09. The van der Waals surface area contributed by atoms with Crippen LogP contribution in [0.5, 0.6) is 11.5 Å². The predicted octanol–water partition coefficient (Wildman–Crippen LogP) is 0.992. The fourth-order valence-electron chi connectivity index (χ4n) is 1.93. The molecule has 2 aromatic carbocycles. The van der Waals surface area contributed by atoms with Gasteiger partial charge in [-0.15, -0.1) is 4.83 Å². The van der Waals surface area contributed by atoms with Crippen molar-refractivity contribution in [1.29, 1.82) is 0 Å². The Morgan fingerprint density at radius 2 is 1.73 bits per heavy atom. The van der Waals surface area contributed by atoms with Gasteiger partial charge in [0.05, 0.1) is 12.0 Å². The summed E-state index contributed by atoms with van der Waals surface area (Å²) in [5.74, 6) is -0.106. The van der Waals surface area contributed by atoms with E-state index in [1.54, 1.807) is 29.1 Å². The molecule has 0 unspecified atom stereocenters. The van der Waals surface area contributed by atoms with Gasteiger partial charge in [-0.3, -0.25) is 20.3 Å². The number of hydrogen-bond acceptors (Lipinski definition) is 7. The number of rotatable bonds is 8. The number of nitro benzene ring substituents is 1. The highest BCUT2D eigenvalue weighted by Gasteiger charge is 2.25. The van der Waals surface area contributed by atoms with Crippen molar-refractivity contribution in [2.75, 3.05) is 13.7 Å². The molecule has 2 N–H and O–H groups in total. The third-order valence-electron chi connectivity index (χ3n) is 3.10. The van der Waals surface area contributed by atoms with E-state index in [0.717, 1.165) is 12.1 Å². The first-order valence-electron chi connectivity index (χ1n) is 7.15. The average molecular weight is 381 g/mol. The molecule has 0 radical (unpaired) electrons. The fraction of sp³-hybridized carbons (Fsp3) is 0.133. The van der Waals surface area contributed by atoms with Crippen LogP contribution in [0.25, 0.3) is 0 Å². The SMILES string of the molecule is COc1ccccc1OCC(=O)NNS(=O)(=O)c1ccccc1[N+](=O)[O-]. The summed E-state index contributed by atoms with van der Waals surface area (Å²) in [6.45, 7) is -0.500. The van der Waals surface area contributed by atoms with Crippen LogP contribution in [-0.2, 0) is 14.8 Å².